The van der Waals surface area contributed by atoms with Crippen molar-refractivity contribution in [1.29, 1.82) is 0 Å². The first-order chi connectivity index (χ1) is 8.68. The van der Waals surface area contributed by atoms with Crippen molar-refractivity contribution in [3.8, 4) is 0 Å². The lowest BCUT2D eigenvalue weighted by molar-refractivity contribution is -0.139. The van der Waals surface area contributed by atoms with E-state index in [2.05, 4.69) is 15.5 Å². The maximum absolute atomic E-state index is 11.7. The van der Waals surface area contributed by atoms with E-state index in [-0.39, 0.29) is 5.69 Å². The van der Waals surface area contributed by atoms with Gasteiger partial charge in [0, 0.05) is 6.20 Å². The molecule has 3 N–H and O–H groups in total. The number of benzene rings is 1. The van der Waals surface area contributed by atoms with Gasteiger partial charge in [0.1, 0.15) is 5.69 Å². The van der Waals surface area contributed by atoms with E-state index in [1.165, 1.54) is 12.3 Å². The molecule has 6 nitrogen and oxygen atoms in total. The number of carboxylic acid groups (broad SMARTS) is 1. The zero-order valence-electron chi connectivity index (χ0n) is 9.33. The summed E-state index contributed by atoms with van der Waals surface area (Å²) >= 11 is 0. The zero-order valence-corrected chi connectivity index (χ0v) is 9.33. The third-order valence-electron chi connectivity index (χ3n) is 2.40. The van der Waals surface area contributed by atoms with Gasteiger partial charge in [-0.1, -0.05) is 30.3 Å². The average molecular weight is 245 g/mol. The molecule has 6 heteroatoms. The minimum Gasteiger partial charge on any atom is -0.479 e. The second kappa shape index (κ2) is 5.13. The van der Waals surface area contributed by atoms with Gasteiger partial charge in [-0.25, -0.2) is 4.79 Å². The lowest BCUT2D eigenvalue weighted by Crippen LogP contribution is -2.33. The first-order valence-corrected chi connectivity index (χ1v) is 5.26. The lowest BCUT2D eigenvalue weighted by atomic mass is 10.1. The number of amides is 1. The normalized spacial score (nSPS) is 11.8. The molecule has 92 valence electrons. The third kappa shape index (κ3) is 2.54. The first kappa shape index (κ1) is 11.8. The number of aliphatic carboxylic acids is 1. The van der Waals surface area contributed by atoms with Gasteiger partial charge in [-0.05, 0) is 11.6 Å². The Morgan fingerprint density at radius 1 is 1.22 bits per heavy atom. The van der Waals surface area contributed by atoms with E-state index in [0.717, 1.165) is 0 Å². The Hall–Kier alpha value is -2.63. The monoisotopic (exact) mass is 245 g/mol. The molecule has 0 bridgehead atoms. The molecule has 2 aromatic rings. The molecule has 0 fully saturated rings. The summed E-state index contributed by atoms with van der Waals surface area (Å²) in [6.45, 7) is 0. The number of carboxylic acids is 1. The van der Waals surface area contributed by atoms with Gasteiger partial charge in [0.2, 0.25) is 0 Å². The van der Waals surface area contributed by atoms with Gasteiger partial charge in [0.15, 0.2) is 6.04 Å². The van der Waals surface area contributed by atoms with Gasteiger partial charge in [-0.2, -0.15) is 5.10 Å². The molecule has 0 unspecified atom stereocenters. The maximum Gasteiger partial charge on any atom is 0.330 e. The Morgan fingerprint density at radius 2 is 1.94 bits per heavy atom. The van der Waals surface area contributed by atoms with Gasteiger partial charge < -0.3 is 10.4 Å². The number of aromatic amines is 1. The van der Waals surface area contributed by atoms with Crippen LogP contribution in [0.25, 0.3) is 0 Å². The first-order valence-electron chi connectivity index (χ1n) is 5.26. The van der Waals surface area contributed by atoms with Crippen LogP contribution in [0.3, 0.4) is 0 Å². The van der Waals surface area contributed by atoms with E-state index in [1.54, 1.807) is 30.3 Å². The summed E-state index contributed by atoms with van der Waals surface area (Å²) in [6.07, 6.45) is 1.42. The van der Waals surface area contributed by atoms with Crippen molar-refractivity contribution in [3.05, 3.63) is 53.9 Å². The highest BCUT2D eigenvalue weighted by Gasteiger charge is 2.22. The average Bonchev–Trinajstić information content (AvgIpc) is 2.90. The van der Waals surface area contributed by atoms with Crippen molar-refractivity contribution in [1.82, 2.24) is 15.5 Å². The van der Waals surface area contributed by atoms with Crippen molar-refractivity contribution in [2.24, 2.45) is 0 Å². The number of aromatic nitrogens is 2. The minimum absolute atomic E-state index is 0.220. The zero-order chi connectivity index (χ0) is 13.0. The second-order valence-corrected chi connectivity index (χ2v) is 3.63. The number of carbonyl (C=O) groups is 2. The van der Waals surface area contributed by atoms with E-state index in [9.17, 15) is 9.59 Å². The molecule has 1 aromatic heterocycles. The molecule has 1 amide bonds. The molecule has 1 aromatic carbocycles. The number of hydrogen-bond acceptors (Lipinski definition) is 3. The minimum atomic E-state index is -1.12. The highest BCUT2D eigenvalue weighted by Crippen LogP contribution is 2.13. The van der Waals surface area contributed by atoms with E-state index in [1.807, 2.05) is 0 Å². The van der Waals surface area contributed by atoms with Crippen molar-refractivity contribution < 1.29 is 14.7 Å². The predicted molar refractivity (Wildman–Crippen MR) is 62.9 cm³/mol. The molecule has 1 heterocycles. The number of H-pyrrole nitrogens is 1. The van der Waals surface area contributed by atoms with E-state index in [4.69, 9.17) is 5.11 Å². The summed E-state index contributed by atoms with van der Waals surface area (Å²) in [6, 6.07) is 8.89. The molecular formula is C12H11N3O3. The van der Waals surface area contributed by atoms with Crippen LogP contribution in [0.2, 0.25) is 0 Å². The molecule has 0 aliphatic heterocycles. The van der Waals surface area contributed by atoms with E-state index in [0.29, 0.717) is 5.56 Å². The molecular weight excluding hydrogens is 234 g/mol. The molecule has 0 aliphatic rings. The van der Waals surface area contributed by atoms with Crippen LogP contribution in [-0.2, 0) is 4.79 Å². The highest BCUT2D eigenvalue weighted by atomic mass is 16.4. The fourth-order valence-corrected chi connectivity index (χ4v) is 1.52. The fraction of sp³-hybridized carbons (Fsp3) is 0.0833. The van der Waals surface area contributed by atoms with E-state index >= 15 is 0 Å². The Kier molecular flexibility index (Phi) is 3.38. The fourth-order valence-electron chi connectivity index (χ4n) is 1.52. The maximum atomic E-state index is 11.7. The molecule has 1 atom stereocenters. The molecule has 0 spiro atoms. The highest BCUT2D eigenvalue weighted by molar-refractivity contribution is 5.95. The van der Waals surface area contributed by atoms with Crippen LogP contribution in [0.1, 0.15) is 22.1 Å². The summed E-state index contributed by atoms with van der Waals surface area (Å²) < 4.78 is 0. The Morgan fingerprint density at radius 3 is 2.50 bits per heavy atom. The van der Waals surface area contributed by atoms with E-state index < -0.39 is 17.9 Å². The number of nitrogens with zero attached hydrogens (tertiary/aromatic N) is 1. The summed E-state index contributed by atoms with van der Waals surface area (Å²) in [4.78, 5) is 22.9. The summed E-state index contributed by atoms with van der Waals surface area (Å²) in [5, 5.41) is 17.7. The number of hydrogen-bond donors (Lipinski definition) is 3. The van der Waals surface area contributed by atoms with Crippen LogP contribution in [0.5, 0.6) is 0 Å². The van der Waals surface area contributed by atoms with Crippen LogP contribution < -0.4 is 5.32 Å². The van der Waals surface area contributed by atoms with Crippen molar-refractivity contribution >= 4 is 11.9 Å². The molecule has 0 saturated heterocycles. The van der Waals surface area contributed by atoms with Gasteiger partial charge in [0.25, 0.3) is 5.91 Å². The van der Waals surface area contributed by atoms with Crippen LogP contribution in [0.15, 0.2) is 42.6 Å². The summed E-state index contributed by atoms with van der Waals surface area (Å²) in [7, 11) is 0. The Bertz CT molecular complexity index is 537. The largest absolute Gasteiger partial charge is 0.479 e. The summed E-state index contributed by atoms with van der Waals surface area (Å²) in [5.41, 5.74) is 0.732. The van der Waals surface area contributed by atoms with Crippen molar-refractivity contribution in [2.45, 2.75) is 6.04 Å². The third-order valence-corrected chi connectivity index (χ3v) is 2.40. The van der Waals surface area contributed by atoms with Gasteiger partial charge in [-0.3, -0.25) is 9.89 Å². The number of rotatable bonds is 4. The summed E-state index contributed by atoms with van der Waals surface area (Å²) in [5.74, 6) is -1.63. The van der Waals surface area contributed by atoms with Gasteiger partial charge >= 0.3 is 5.97 Å². The second-order valence-electron chi connectivity index (χ2n) is 3.63. The van der Waals surface area contributed by atoms with Crippen LogP contribution in [0.4, 0.5) is 0 Å². The molecule has 2 rings (SSSR count). The van der Waals surface area contributed by atoms with Gasteiger partial charge in [-0.15, -0.1) is 0 Å². The predicted octanol–water partition coefficient (Wildman–Crippen LogP) is 0.965. The molecule has 0 aliphatic carbocycles. The lowest BCUT2D eigenvalue weighted by Gasteiger charge is -2.13. The molecule has 18 heavy (non-hydrogen) atoms. The molecule has 0 saturated carbocycles. The quantitative estimate of drug-likeness (QED) is 0.747. The van der Waals surface area contributed by atoms with Gasteiger partial charge in [0.05, 0.1) is 0 Å². The number of carbonyl (C=O) groups excluding carboxylic acids is 1. The smallest absolute Gasteiger partial charge is 0.330 e. The Balaban J connectivity index is 2.18. The standard InChI is InChI=1S/C12H11N3O3/c16-11(9-6-7-13-15-9)14-10(12(17)18)8-4-2-1-3-5-8/h1-7,10H,(H,13,15)(H,14,16)(H,17,18)/t10-/m0/s1. The number of nitrogens with one attached hydrogen (secondary N) is 2. The Labute approximate surface area is 103 Å². The van der Waals surface area contributed by atoms with Crippen LogP contribution in [0, 0.1) is 0 Å². The van der Waals surface area contributed by atoms with Crippen LogP contribution in [-0.4, -0.2) is 27.2 Å². The topological polar surface area (TPSA) is 95.1 Å². The van der Waals surface area contributed by atoms with Crippen molar-refractivity contribution in [2.75, 3.05) is 0 Å². The van der Waals surface area contributed by atoms with Crippen LogP contribution >= 0.6 is 0 Å². The SMILES string of the molecule is O=C(N[C@H](C(=O)O)c1ccccc1)c1ccn[nH]1. The molecule has 0 radical (unpaired) electrons. The van der Waals surface area contributed by atoms with Crippen molar-refractivity contribution in [3.63, 3.8) is 0 Å².